The van der Waals surface area contributed by atoms with Crippen molar-refractivity contribution in [2.45, 2.75) is 26.8 Å². The van der Waals surface area contributed by atoms with E-state index in [0.717, 1.165) is 22.5 Å². The third-order valence-electron chi connectivity index (χ3n) is 5.36. The van der Waals surface area contributed by atoms with Gasteiger partial charge in [-0.1, -0.05) is 59.7 Å². The van der Waals surface area contributed by atoms with E-state index in [2.05, 4.69) is 51.8 Å². The van der Waals surface area contributed by atoms with Crippen LogP contribution in [0.3, 0.4) is 0 Å². The van der Waals surface area contributed by atoms with Gasteiger partial charge in [0.15, 0.2) is 0 Å². The molecule has 1 atom stereocenters. The lowest BCUT2D eigenvalue weighted by Crippen LogP contribution is -2.26. The molecule has 0 aliphatic carbocycles. The molecule has 0 bridgehead atoms. The number of hydrogen-bond donors (Lipinski definition) is 2. The predicted octanol–water partition coefficient (Wildman–Crippen LogP) is 6.00. The Labute approximate surface area is 188 Å². The molecule has 1 amide bonds. The highest BCUT2D eigenvalue weighted by Crippen LogP contribution is 2.22. The van der Waals surface area contributed by atoms with E-state index in [1.165, 1.54) is 11.1 Å². The summed E-state index contributed by atoms with van der Waals surface area (Å²) in [7, 11) is 0. The number of carbonyl (C=O) groups excluding carboxylic acids is 1. The average Bonchev–Trinajstić information content (AvgIpc) is 2.80. The zero-order chi connectivity index (χ0) is 22.5. The molecule has 0 aliphatic rings. The molecule has 1 aromatic heterocycles. The Morgan fingerprint density at radius 3 is 2.09 bits per heavy atom. The molecule has 5 heteroatoms. The summed E-state index contributed by atoms with van der Waals surface area (Å²) in [5.41, 5.74) is 6.83. The molecule has 1 heterocycles. The summed E-state index contributed by atoms with van der Waals surface area (Å²) in [6, 6.07) is 25.6. The van der Waals surface area contributed by atoms with E-state index < -0.39 is 0 Å². The molecule has 0 radical (unpaired) electrons. The summed E-state index contributed by atoms with van der Waals surface area (Å²) in [4.78, 5) is 21.3. The van der Waals surface area contributed by atoms with E-state index in [1.807, 2.05) is 68.4 Å². The molecule has 0 saturated heterocycles. The first kappa shape index (κ1) is 21.2. The van der Waals surface area contributed by atoms with Crippen molar-refractivity contribution in [3.05, 3.63) is 107 Å². The highest BCUT2D eigenvalue weighted by molar-refractivity contribution is 5.94. The molecule has 160 valence electrons. The Morgan fingerprint density at radius 2 is 1.44 bits per heavy atom. The molecule has 0 aliphatic heterocycles. The minimum Gasteiger partial charge on any atom is -0.346 e. The lowest BCUT2D eigenvalue weighted by atomic mass is 10.1. The number of aromatic nitrogens is 2. The summed E-state index contributed by atoms with van der Waals surface area (Å²) in [6.45, 7) is 6.09. The van der Waals surface area contributed by atoms with Crippen LogP contribution < -0.4 is 10.6 Å². The van der Waals surface area contributed by atoms with Crippen LogP contribution in [0.5, 0.6) is 0 Å². The maximum absolute atomic E-state index is 12.6. The van der Waals surface area contributed by atoms with Crippen LogP contribution >= 0.6 is 0 Å². The molecule has 0 spiro atoms. The molecular weight excluding hydrogens is 396 g/mol. The summed E-state index contributed by atoms with van der Waals surface area (Å²) in [5, 5.41) is 6.33. The van der Waals surface area contributed by atoms with Crippen LogP contribution in [0.15, 0.2) is 85.2 Å². The van der Waals surface area contributed by atoms with Crippen LogP contribution in [0.1, 0.15) is 40.0 Å². The van der Waals surface area contributed by atoms with E-state index in [4.69, 9.17) is 0 Å². The lowest BCUT2D eigenvalue weighted by Gasteiger charge is -2.15. The molecule has 4 aromatic rings. The number of amides is 1. The Kier molecular flexibility index (Phi) is 6.26. The summed E-state index contributed by atoms with van der Waals surface area (Å²) >= 11 is 0. The van der Waals surface area contributed by atoms with Crippen LogP contribution in [0.4, 0.5) is 11.5 Å². The predicted molar refractivity (Wildman–Crippen MR) is 129 cm³/mol. The SMILES string of the molecule is Cc1ccc(-c2cc(Nc3ccc(C(=O)N[C@H](C)c4ccc(C)cc4)cc3)ncn2)cc1. The minimum atomic E-state index is -0.103. The Balaban J connectivity index is 1.41. The number of hydrogen-bond acceptors (Lipinski definition) is 4. The van der Waals surface area contributed by atoms with Gasteiger partial charge in [0.05, 0.1) is 11.7 Å². The van der Waals surface area contributed by atoms with Gasteiger partial charge in [0.2, 0.25) is 0 Å². The van der Waals surface area contributed by atoms with Crippen LogP contribution in [0, 0.1) is 13.8 Å². The third kappa shape index (κ3) is 5.19. The fraction of sp³-hybridized carbons (Fsp3) is 0.148. The maximum Gasteiger partial charge on any atom is 0.251 e. The smallest absolute Gasteiger partial charge is 0.251 e. The number of rotatable bonds is 6. The highest BCUT2D eigenvalue weighted by Gasteiger charge is 2.11. The molecule has 32 heavy (non-hydrogen) atoms. The molecule has 2 N–H and O–H groups in total. The molecule has 0 fully saturated rings. The zero-order valence-corrected chi connectivity index (χ0v) is 18.5. The van der Waals surface area contributed by atoms with Crippen LogP contribution in [-0.4, -0.2) is 15.9 Å². The van der Waals surface area contributed by atoms with E-state index in [9.17, 15) is 4.79 Å². The second-order valence-corrected chi connectivity index (χ2v) is 7.96. The van der Waals surface area contributed by atoms with Crippen molar-refractivity contribution < 1.29 is 4.79 Å². The van der Waals surface area contributed by atoms with Crippen LogP contribution in [-0.2, 0) is 0 Å². The number of nitrogens with zero attached hydrogens (tertiary/aromatic N) is 2. The van der Waals surface area contributed by atoms with Gasteiger partial charge >= 0.3 is 0 Å². The summed E-state index contributed by atoms with van der Waals surface area (Å²) < 4.78 is 0. The fourth-order valence-electron chi connectivity index (χ4n) is 3.38. The minimum absolute atomic E-state index is 0.0675. The second-order valence-electron chi connectivity index (χ2n) is 7.96. The van der Waals surface area contributed by atoms with Gasteiger partial charge in [0, 0.05) is 22.9 Å². The Hall–Kier alpha value is -3.99. The Bertz CT molecular complexity index is 1200. The van der Waals surface area contributed by atoms with Gasteiger partial charge in [-0.15, -0.1) is 0 Å². The van der Waals surface area contributed by atoms with E-state index in [1.54, 1.807) is 6.33 Å². The van der Waals surface area contributed by atoms with Gasteiger partial charge in [-0.2, -0.15) is 0 Å². The monoisotopic (exact) mass is 422 g/mol. The Morgan fingerprint density at radius 1 is 0.812 bits per heavy atom. The zero-order valence-electron chi connectivity index (χ0n) is 18.5. The normalized spacial score (nSPS) is 11.6. The molecule has 0 saturated carbocycles. The standard InChI is InChI=1S/C27H26N4O/c1-18-4-8-21(9-5-18)20(3)30-27(32)23-12-14-24(15-13-23)31-26-16-25(28-17-29-26)22-10-6-19(2)7-11-22/h4-17,20H,1-3H3,(H,30,32)(H,28,29,31)/t20-/m1/s1. The van der Waals surface area contributed by atoms with Crippen LogP contribution in [0.2, 0.25) is 0 Å². The number of aryl methyl sites for hydroxylation is 2. The average molecular weight is 423 g/mol. The van der Waals surface area contributed by atoms with Gasteiger partial charge in [0.25, 0.3) is 5.91 Å². The largest absolute Gasteiger partial charge is 0.346 e. The molecule has 0 unspecified atom stereocenters. The molecule has 4 rings (SSSR count). The summed E-state index contributed by atoms with van der Waals surface area (Å²) in [6.07, 6.45) is 1.55. The van der Waals surface area contributed by atoms with Crippen molar-refractivity contribution in [2.75, 3.05) is 5.32 Å². The number of nitrogens with one attached hydrogen (secondary N) is 2. The van der Waals surface area contributed by atoms with Crippen molar-refractivity contribution >= 4 is 17.4 Å². The highest BCUT2D eigenvalue weighted by atomic mass is 16.1. The topological polar surface area (TPSA) is 66.9 Å². The molecule has 3 aromatic carbocycles. The third-order valence-corrected chi connectivity index (χ3v) is 5.36. The fourth-order valence-corrected chi connectivity index (χ4v) is 3.38. The van der Waals surface area contributed by atoms with Gasteiger partial charge in [-0.25, -0.2) is 9.97 Å². The number of benzene rings is 3. The maximum atomic E-state index is 12.6. The first-order valence-electron chi connectivity index (χ1n) is 10.6. The lowest BCUT2D eigenvalue weighted by molar-refractivity contribution is 0.0940. The second kappa shape index (κ2) is 9.43. The number of anilines is 2. The molecular formula is C27H26N4O. The summed E-state index contributed by atoms with van der Waals surface area (Å²) in [5.74, 6) is 0.592. The van der Waals surface area contributed by atoms with Crippen molar-refractivity contribution in [2.24, 2.45) is 0 Å². The van der Waals surface area contributed by atoms with Gasteiger partial charge in [-0.05, 0) is 50.6 Å². The van der Waals surface area contributed by atoms with Gasteiger partial charge < -0.3 is 10.6 Å². The quantitative estimate of drug-likeness (QED) is 0.400. The van der Waals surface area contributed by atoms with Crippen molar-refractivity contribution in [3.63, 3.8) is 0 Å². The first-order valence-corrected chi connectivity index (χ1v) is 10.6. The first-order chi connectivity index (χ1) is 15.5. The van der Waals surface area contributed by atoms with E-state index in [0.29, 0.717) is 11.4 Å². The van der Waals surface area contributed by atoms with Crippen LogP contribution in [0.25, 0.3) is 11.3 Å². The van der Waals surface area contributed by atoms with E-state index >= 15 is 0 Å². The van der Waals surface area contributed by atoms with Crippen molar-refractivity contribution in [3.8, 4) is 11.3 Å². The number of carbonyl (C=O) groups is 1. The van der Waals surface area contributed by atoms with E-state index in [-0.39, 0.29) is 11.9 Å². The van der Waals surface area contributed by atoms with Gasteiger partial charge in [0.1, 0.15) is 12.1 Å². The van der Waals surface area contributed by atoms with Crippen molar-refractivity contribution in [1.82, 2.24) is 15.3 Å². The van der Waals surface area contributed by atoms with Crippen molar-refractivity contribution in [1.29, 1.82) is 0 Å². The molecule has 5 nitrogen and oxygen atoms in total. The van der Waals surface area contributed by atoms with Gasteiger partial charge in [-0.3, -0.25) is 4.79 Å².